The van der Waals surface area contributed by atoms with Crippen LogP contribution in [0, 0.1) is 6.92 Å². The molecule has 1 aromatic carbocycles. The van der Waals surface area contributed by atoms with Gasteiger partial charge in [0.1, 0.15) is 0 Å². The lowest BCUT2D eigenvalue weighted by Crippen LogP contribution is -2.39. The zero-order valence-corrected chi connectivity index (χ0v) is 13.1. The summed E-state index contributed by atoms with van der Waals surface area (Å²) in [6, 6.07) is 7.86. The molecule has 0 aliphatic rings. The minimum atomic E-state index is -0.565. The van der Waals surface area contributed by atoms with E-state index in [0.717, 1.165) is 24.0 Å². The number of hydrogen-bond acceptors (Lipinski definition) is 2. The van der Waals surface area contributed by atoms with Crippen LogP contribution in [0.15, 0.2) is 24.3 Å². The molecular weight excluding hydrogens is 264 g/mol. The highest BCUT2D eigenvalue weighted by Crippen LogP contribution is 2.03. The van der Waals surface area contributed by atoms with Gasteiger partial charge < -0.3 is 10.6 Å². The van der Waals surface area contributed by atoms with Crippen molar-refractivity contribution < 1.29 is 9.59 Å². The van der Waals surface area contributed by atoms with Gasteiger partial charge in [0.15, 0.2) is 0 Å². The Bertz CT molecular complexity index is 458. The molecule has 0 aliphatic heterocycles. The van der Waals surface area contributed by atoms with E-state index in [1.807, 2.05) is 31.2 Å². The molecule has 4 nitrogen and oxygen atoms in total. The van der Waals surface area contributed by atoms with Gasteiger partial charge in [0, 0.05) is 13.1 Å². The maximum Gasteiger partial charge on any atom is 0.309 e. The molecule has 0 bridgehead atoms. The molecule has 1 rings (SSSR count). The summed E-state index contributed by atoms with van der Waals surface area (Å²) in [6.45, 7) is 5.11. The fraction of sp³-hybridized carbons (Fsp3) is 0.529. The van der Waals surface area contributed by atoms with Gasteiger partial charge in [0.05, 0.1) is 0 Å². The predicted molar refractivity (Wildman–Crippen MR) is 84.8 cm³/mol. The van der Waals surface area contributed by atoms with Crippen LogP contribution in [0.1, 0.15) is 50.2 Å². The molecular formula is C17H26N2O2. The van der Waals surface area contributed by atoms with E-state index in [0.29, 0.717) is 13.1 Å². The SMILES string of the molecule is CCCCCCCNC(=O)C(=O)NCc1cccc(C)c1. The summed E-state index contributed by atoms with van der Waals surface area (Å²) in [4.78, 5) is 23.2. The highest BCUT2D eigenvalue weighted by Gasteiger charge is 2.11. The van der Waals surface area contributed by atoms with Crippen LogP contribution in [0.2, 0.25) is 0 Å². The Morgan fingerprint density at radius 2 is 1.71 bits per heavy atom. The zero-order chi connectivity index (χ0) is 15.5. The van der Waals surface area contributed by atoms with Gasteiger partial charge in [-0.3, -0.25) is 9.59 Å². The molecule has 1 aromatic rings. The summed E-state index contributed by atoms with van der Waals surface area (Å²) in [5.74, 6) is -1.11. The summed E-state index contributed by atoms with van der Waals surface area (Å²) < 4.78 is 0. The van der Waals surface area contributed by atoms with Crippen molar-refractivity contribution in [2.24, 2.45) is 0 Å². The Kier molecular flexibility index (Phi) is 8.17. The molecule has 0 saturated carbocycles. The zero-order valence-electron chi connectivity index (χ0n) is 13.1. The molecule has 0 heterocycles. The first-order valence-electron chi connectivity index (χ1n) is 7.75. The van der Waals surface area contributed by atoms with E-state index in [9.17, 15) is 9.59 Å². The summed E-state index contributed by atoms with van der Waals surface area (Å²) in [5, 5.41) is 5.29. The summed E-state index contributed by atoms with van der Waals surface area (Å²) in [7, 11) is 0. The minimum absolute atomic E-state index is 0.379. The number of rotatable bonds is 8. The number of benzene rings is 1. The van der Waals surface area contributed by atoms with E-state index < -0.39 is 11.8 Å². The van der Waals surface area contributed by atoms with Gasteiger partial charge in [0.2, 0.25) is 0 Å². The van der Waals surface area contributed by atoms with Gasteiger partial charge in [-0.25, -0.2) is 0 Å². The summed E-state index contributed by atoms with van der Waals surface area (Å²) in [6.07, 6.45) is 5.64. The smallest absolute Gasteiger partial charge is 0.309 e. The lowest BCUT2D eigenvalue weighted by atomic mass is 10.1. The third-order valence-electron chi connectivity index (χ3n) is 3.31. The molecule has 0 fully saturated rings. The topological polar surface area (TPSA) is 58.2 Å². The molecule has 0 aliphatic carbocycles. The first-order chi connectivity index (χ1) is 10.1. The van der Waals surface area contributed by atoms with Gasteiger partial charge in [0.25, 0.3) is 0 Å². The highest BCUT2D eigenvalue weighted by molar-refractivity contribution is 6.35. The van der Waals surface area contributed by atoms with Crippen LogP contribution in [-0.2, 0) is 16.1 Å². The van der Waals surface area contributed by atoms with Crippen LogP contribution < -0.4 is 10.6 Å². The Balaban J connectivity index is 2.18. The molecule has 2 N–H and O–H groups in total. The maximum absolute atomic E-state index is 11.6. The van der Waals surface area contributed by atoms with Gasteiger partial charge in [-0.05, 0) is 18.9 Å². The number of aryl methyl sites for hydroxylation is 1. The van der Waals surface area contributed by atoms with Gasteiger partial charge >= 0.3 is 11.8 Å². The normalized spacial score (nSPS) is 10.2. The molecule has 0 saturated heterocycles. The van der Waals surface area contributed by atoms with Crippen LogP contribution in [0.4, 0.5) is 0 Å². The van der Waals surface area contributed by atoms with E-state index in [4.69, 9.17) is 0 Å². The minimum Gasteiger partial charge on any atom is -0.348 e. The molecule has 0 atom stereocenters. The molecule has 0 spiro atoms. The number of amides is 2. The molecule has 2 amide bonds. The van der Waals surface area contributed by atoms with Crippen molar-refractivity contribution >= 4 is 11.8 Å². The lowest BCUT2D eigenvalue weighted by Gasteiger charge is -2.07. The average molecular weight is 290 g/mol. The van der Waals surface area contributed by atoms with Crippen molar-refractivity contribution in [2.75, 3.05) is 6.54 Å². The Morgan fingerprint density at radius 3 is 2.43 bits per heavy atom. The van der Waals surface area contributed by atoms with E-state index >= 15 is 0 Å². The number of hydrogen-bond donors (Lipinski definition) is 2. The Labute approximate surface area is 127 Å². The van der Waals surface area contributed by atoms with Crippen LogP contribution in [0.3, 0.4) is 0 Å². The van der Waals surface area contributed by atoms with Crippen LogP contribution in [-0.4, -0.2) is 18.4 Å². The Morgan fingerprint density at radius 1 is 1.00 bits per heavy atom. The molecule has 0 aromatic heterocycles. The maximum atomic E-state index is 11.6. The monoisotopic (exact) mass is 290 g/mol. The fourth-order valence-electron chi connectivity index (χ4n) is 2.10. The van der Waals surface area contributed by atoms with Gasteiger partial charge in [-0.2, -0.15) is 0 Å². The quantitative estimate of drug-likeness (QED) is 0.571. The fourth-order valence-corrected chi connectivity index (χ4v) is 2.10. The van der Waals surface area contributed by atoms with E-state index in [1.165, 1.54) is 19.3 Å². The summed E-state index contributed by atoms with van der Waals surface area (Å²) >= 11 is 0. The van der Waals surface area contributed by atoms with E-state index in [2.05, 4.69) is 17.6 Å². The highest BCUT2D eigenvalue weighted by atomic mass is 16.2. The van der Waals surface area contributed by atoms with Crippen LogP contribution >= 0.6 is 0 Å². The van der Waals surface area contributed by atoms with Crippen molar-refractivity contribution in [1.82, 2.24) is 10.6 Å². The lowest BCUT2D eigenvalue weighted by molar-refractivity contribution is -0.139. The van der Waals surface area contributed by atoms with Crippen LogP contribution in [0.25, 0.3) is 0 Å². The average Bonchev–Trinajstić information content (AvgIpc) is 2.48. The second-order valence-electron chi connectivity index (χ2n) is 5.34. The molecule has 0 radical (unpaired) electrons. The predicted octanol–water partition coefficient (Wildman–Crippen LogP) is 2.70. The number of carbonyl (C=O) groups excluding carboxylic acids is 2. The number of unbranched alkanes of at least 4 members (excludes halogenated alkanes) is 4. The second kappa shape index (κ2) is 9.97. The van der Waals surface area contributed by atoms with Gasteiger partial charge in [-0.15, -0.1) is 0 Å². The number of carbonyl (C=O) groups is 2. The van der Waals surface area contributed by atoms with Crippen molar-refractivity contribution in [2.45, 2.75) is 52.5 Å². The van der Waals surface area contributed by atoms with Crippen LogP contribution in [0.5, 0.6) is 0 Å². The standard InChI is InChI=1S/C17H26N2O2/c1-3-4-5-6-7-11-18-16(20)17(21)19-13-15-10-8-9-14(2)12-15/h8-10,12H,3-7,11,13H2,1-2H3,(H,18,20)(H,19,21). The number of nitrogens with one attached hydrogen (secondary N) is 2. The van der Waals surface area contributed by atoms with Crippen molar-refractivity contribution in [3.63, 3.8) is 0 Å². The van der Waals surface area contributed by atoms with Crippen molar-refractivity contribution in [1.29, 1.82) is 0 Å². The molecule has 116 valence electrons. The van der Waals surface area contributed by atoms with E-state index in [1.54, 1.807) is 0 Å². The van der Waals surface area contributed by atoms with Crippen molar-refractivity contribution in [3.05, 3.63) is 35.4 Å². The summed E-state index contributed by atoms with van der Waals surface area (Å²) in [5.41, 5.74) is 2.13. The Hall–Kier alpha value is -1.84. The third kappa shape index (κ3) is 7.49. The molecule has 4 heteroatoms. The molecule has 21 heavy (non-hydrogen) atoms. The largest absolute Gasteiger partial charge is 0.348 e. The third-order valence-corrected chi connectivity index (χ3v) is 3.31. The first kappa shape index (κ1) is 17.2. The first-order valence-corrected chi connectivity index (χ1v) is 7.75. The second-order valence-corrected chi connectivity index (χ2v) is 5.34. The van der Waals surface area contributed by atoms with E-state index in [-0.39, 0.29) is 0 Å². The molecule has 0 unspecified atom stereocenters. The van der Waals surface area contributed by atoms with Gasteiger partial charge in [-0.1, -0.05) is 62.4 Å². The van der Waals surface area contributed by atoms with Crippen molar-refractivity contribution in [3.8, 4) is 0 Å².